The van der Waals surface area contributed by atoms with E-state index in [-0.39, 0.29) is 40.9 Å². The van der Waals surface area contributed by atoms with Gasteiger partial charge in [0.25, 0.3) is 5.69 Å². The molecule has 0 atom stereocenters. The molecule has 0 aliphatic carbocycles. The van der Waals surface area contributed by atoms with Gasteiger partial charge in [-0.3, -0.25) is 15.1 Å². The van der Waals surface area contributed by atoms with Crippen molar-refractivity contribution in [2.45, 2.75) is 26.7 Å². The molecule has 154 valence electrons. The van der Waals surface area contributed by atoms with Crippen LogP contribution in [0.25, 0.3) is 11.1 Å². The van der Waals surface area contributed by atoms with Gasteiger partial charge < -0.3 is 4.74 Å². The average Bonchev–Trinajstić information content (AvgIpc) is 2.91. The zero-order valence-electron chi connectivity index (χ0n) is 16.4. The van der Waals surface area contributed by atoms with Crippen LogP contribution in [0.5, 0.6) is 0 Å². The average molecular weight is 421 g/mol. The van der Waals surface area contributed by atoms with Crippen LogP contribution < -0.4 is 5.30 Å². The maximum atomic E-state index is 12.6. The van der Waals surface area contributed by atoms with Crippen LogP contribution in [-0.4, -0.2) is 41.1 Å². The molecule has 0 bridgehead atoms. The van der Waals surface area contributed by atoms with Crippen molar-refractivity contribution in [3.8, 4) is 11.1 Å². The van der Waals surface area contributed by atoms with Crippen LogP contribution in [0.15, 0.2) is 24.3 Å². The highest BCUT2D eigenvalue weighted by Crippen LogP contribution is 2.60. The minimum Gasteiger partial charge on any atom is -0.465 e. The van der Waals surface area contributed by atoms with E-state index in [9.17, 15) is 19.8 Å². The molecule has 9 nitrogen and oxygen atoms in total. The van der Waals surface area contributed by atoms with E-state index in [0.29, 0.717) is 24.2 Å². The summed E-state index contributed by atoms with van der Waals surface area (Å²) in [6.07, 6.45) is 1.40. The van der Waals surface area contributed by atoms with Crippen LogP contribution in [0.1, 0.15) is 34.6 Å². The number of nitro groups is 1. The minimum atomic E-state index is -3.64. The van der Waals surface area contributed by atoms with Gasteiger partial charge in [0.1, 0.15) is 0 Å². The lowest BCUT2D eigenvalue weighted by Crippen LogP contribution is -2.26. The standard InChI is InChI=1S/C19H22N2O7P/c1-12-16(19(22)26-3)17(14-8-4-5-9-15(14)21(23)24)18(13(2)20-12)29(25)27-10-6-7-11-28-29/h4-5,8-9,25H,6-7,10-11H2,1-3H3/q+1. The van der Waals surface area contributed by atoms with Crippen molar-refractivity contribution in [2.75, 3.05) is 20.3 Å². The summed E-state index contributed by atoms with van der Waals surface area (Å²) in [6, 6.07) is 6.01. The molecule has 2 aromatic rings. The molecule has 10 heteroatoms. The molecule has 1 aliphatic rings. The Morgan fingerprint density at radius 3 is 2.41 bits per heavy atom. The number of carbonyl (C=O) groups is 1. The molecule has 0 amide bonds. The zero-order chi connectivity index (χ0) is 21.2. The van der Waals surface area contributed by atoms with Gasteiger partial charge >= 0.3 is 13.9 Å². The molecule has 29 heavy (non-hydrogen) atoms. The van der Waals surface area contributed by atoms with E-state index in [1.165, 1.54) is 25.3 Å². The van der Waals surface area contributed by atoms with Crippen molar-refractivity contribution >= 4 is 24.9 Å². The monoisotopic (exact) mass is 421 g/mol. The number of pyridine rings is 1. The van der Waals surface area contributed by atoms with Crippen molar-refractivity contribution in [3.63, 3.8) is 0 Å². The van der Waals surface area contributed by atoms with Crippen molar-refractivity contribution in [3.05, 3.63) is 51.3 Å². The second-order valence-corrected chi connectivity index (χ2v) is 8.55. The lowest BCUT2D eigenvalue weighted by Gasteiger charge is -2.21. The fourth-order valence-electron chi connectivity index (χ4n) is 3.39. The van der Waals surface area contributed by atoms with Gasteiger partial charge in [-0.15, -0.1) is 0 Å². The number of hydrogen-bond donors (Lipinski definition) is 1. The number of esters is 1. The first kappa shape index (κ1) is 21.3. The van der Waals surface area contributed by atoms with Gasteiger partial charge in [-0.1, -0.05) is 12.1 Å². The van der Waals surface area contributed by atoms with Crippen molar-refractivity contribution < 1.29 is 28.4 Å². The lowest BCUT2D eigenvalue weighted by atomic mass is 9.96. The number of rotatable bonds is 4. The zero-order valence-corrected chi connectivity index (χ0v) is 17.3. The molecule has 1 saturated heterocycles. The molecule has 3 rings (SSSR count). The molecular weight excluding hydrogens is 399 g/mol. The molecule has 1 aliphatic heterocycles. The van der Waals surface area contributed by atoms with Crippen molar-refractivity contribution in [2.24, 2.45) is 0 Å². The molecule has 0 radical (unpaired) electrons. The molecule has 1 fully saturated rings. The van der Waals surface area contributed by atoms with Gasteiger partial charge in [0, 0.05) is 6.07 Å². The number of nitrogens with zero attached hydrogens (tertiary/aromatic N) is 2. The van der Waals surface area contributed by atoms with Crippen molar-refractivity contribution in [1.29, 1.82) is 0 Å². The maximum Gasteiger partial charge on any atom is 0.448 e. The lowest BCUT2D eigenvalue weighted by molar-refractivity contribution is -0.384. The maximum absolute atomic E-state index is 12.6. The van der Waals surface area contributed by atoms with Crippen LogP contribution in [0.4, 0.5) is 5.69 Å². The highest BCUT2D eigenvalue weighted by molar-refractivity contribution is 7.69. The summed E-state index contributed by atoms with van der Waals surface area (Å²) < 4.78 is 16.3. The Balaban J connectivity index is 2.44. The van der Waals surface area contributed by atoms with E-state index in [2.05, 4.69) is 4.98 Å². The number of nitro benzene ring substituents is 1. The van der Waals surface area contributed by atoms with E-state index in [0.717, 1.165) is 0 Å². The van der Waals surface area contributed by atoms with Gasteiger partial charge in [-0.25, -0.2) is 4.79 Å². The molecule has 0 spiro atoms. The number of hydrogen-bond acceptors (Lipinski definition) is 8. The Morgan fingerprint density at radius 1 is 1.21 bits per heavy atom. The number of para-hydroxylation sites is 1. The summed E-state index contributed by atoms with van der Waals surface area (Å²) in [4.78, 5) is 39.5. The van der Waals surface area contributed by atoms with E-state index in [4.69, 9.17) is 13.8 Å². The van der Waals surface area contributed by atoms with Crippen LogP contribution >= 0.6 is 7.94 Å². The van der Waals surface area contributed by atoms with E-state index < -0.39 is 18.8 Å². The second kappa shape index (κ2) is 8.51. The molecular formula is C19H22N2O7P+. The van der Waals surface area contributed by atoms with Crippen LogP contribution in [0.2, 0.25) is 0 Å². The quantitative estimate of drug-likeness (QED) is 0.346. The smallest absolute Gasteiger partial charge is 0.448 e. The molecule has 0 saturated carbocycles. The Bertz CT molecular complexity index is 956. The fourth-order valence-corrected chi connectivity index (χ4v) is 5.45. The molecule has 0 unspecified atom stereocenters. The van der Waals surface area contributed by atoms with E-state index in [1.54, 1.807) is 19.9 Å². The summed E-state index contributed by atoms with van der Waals surface area (Å²) in [6.45, 7) is 3.79. The second-order valence-electron chi connectivity index (χ2n) is 6.54. The molecule has 2 heterocycles. The Kier molecular flexibility index (Phi) is 6.24. The number of aryl methyl sites for hydroxylation is 2. The van der Waals surface area contributed by atoms with Gasteiger partial charge in [-0.2, -0.15) is 13.9 Å². The largest absolute Gasteiger partial charge is 0.465 e. The molecule has 1 N–H and O–H groups in total. The summed E-state index contributed by atoms with van der Waals surface area (Å²) >= 11 is 0. The summed E-state index contributed by atoms with van der Waals surface area (Å²) in [7, 11) is -2.42. The Hall–Kier alpha value is -2.45. The van der Waals surface area contributed by atoms with Gasteiger partial charge in [0.15, 0.2) is 0 Å². The first-order chi connectivity index (χ1) is 13.8. The van der Waals surface area contributed by atoms with Gasteiger partial charge in [-0.05, 0) is 32.8 Å². The van der Waals surface area contributed by atoms with Crippen LogP contribution in [0, 0.1) is 24.0 Å². The fraction of sp³-hybridized carbons (Fsp3) is 0.368. The molecule has 1 aromatic carbocycles. The Morgan fingerprint density at radius 2 is 1.83 bits per heavy atom. The third-order valence-electron chi connectivity index (χ3n) is 4.64. The SMILES string of the molecule is COC(=O)c1c(C)nc(C)c([P+]2(O)OCCCCO2)c1-c1ccccc1[N+](=O)[O-]. The van der Waals surface area contributed by atoms with Crippen LogP contribution in [0.3, 0.4) is 0 Å². The predicted molar refractivity (Wildman–Crippen MR) is 107 cm³/mol. The highest BCUT2D eigenvalue weighted by atomic mass is 31.2. The summed E-state index contributed by atoms with van der Waals surface area (Å²) in [5.74, 6) is -0.717. The number of methoxy groups -OCH3 is 1. The van der Waals surface area contributed by atoms with Gasteiger partial charge in [0.05, 0.1) is 53.3 Å². The summed E-state index contributed by atoms with van der Waals surface area (Å²) in [5, 5.41) is 11.9. The molecule has 1 aromatic heterocycles. The highest BCUT2D eigenvalue weighted by Gasteiger charge is 2.51. The predicted octanol–water partition coefficient (Wildman–Crippen LogP) is 3.27. The first-order valence-electron chi connectivity index (χ1n) is 9.05. The third-order valence-corrected chi connectivity index (χ3v) is 6.82. The number of carbonyl (C=O) groups excluding carboxylic acids is 1. The van der Waals surface area contributed by atoms with E-state index >= 15 is 0 Å². The number of aromatic nitrogens is 1. The Labute approximate surface area is 168 Å². The van der Waals surface area contributed by atoms with Gasteiger partial charge in [0.2, 0.25) is 5.30 Å². The number of benzene rings is 1. The third kappa shape index (κ3) is 4.00. The first-order valence-corrected chi connectivity index (χ1v) is 10.6. The normalized spacial score (nSPS) is 16.1. The topological polar surface area (TPSA) is 121 Å². The van der Waals surface area contributed by atoms with E-state index in [1.807, 2.05) is 0 Å². The van der Waals surface area contributed by atoms with Crippen LogP contribution in [-0.2, 0) is 13.8 Å². The van der Waals surface area contributed by atoms with Crippen molar-refractivity contribution in [1.82, 2.24) is 4.98 Å². The number of ether oxygens (including phenoxy) is 1. The minimum absolute atomic E-state index is 0.0345. The summed E-state index contributed by atoms with van der Waals surface area (Å²) in [5.41, 5.74) is 0.838.